The molecule has 0 rings (SSSR count). The Hall–Kier alpha value is -0.770. The summed E-state index contributed by atoms with van der Waals surface area (Å²) in [5.41, 5.74) is -0.779. The van der Waals surface area contributed by atoms with Crippen molar-refractivity contribution in [2.45, 2.75) is 91.8 Å². The molecule has 0 saturated heterocycles. The Kier molecular flexibility index (Phi) is 8.30. The lowest BCUT2D eigenvalue weighted by molar-refractivity contribution is -0.0260. The predicted octanol–water partition coefficient (Wildman–Crippen LogP) is 4.62. The first-order valence-electron chi connectivity index (χ1n) is 8.13. The molecule has 1 atom stereocenters. The number of carbonyl (C=O) groups excluding carboxylic acids is 1. The molecule has 4 heteroatoms. The fourth-order valence-corrected chi connectivity index (χ4v) is 2.12. The highest BCUT2D eigenvalue weighted by molar-refractivity contribution is 5.69. The molecule has 0 aromatic heterocycles. The van der Waals surface area contributed by atoms with Gasteiger partial charge < -0.3 is 9.47 Å². The highest BCUT2D eigenvalue weighted by Crippen LogP contribution is 2.23. The maximum Gasteiger partial charge on any atom is 0.411 e. The largest absolute Gasteiger partial charge is 0.444 e. The van der Waals surface area contributed by atoms with Crippen molar-refractivity contribution in [3.8, 4) is 0 Å². The molecule has 0 aromatic carbocycles. The van der Waals surface area contributed by atoms with E-state index in [0.717, 1.165) is 25.9 Å². The molecule has 0 saturated carbocycles. The van der Waals surface area contributed by atoms with Crippen molar-refractivity contribution in [1.82, 2.24) is 4.90 Å². The standard InChI is InChI=1S/C17H35NO3/c1-9-11-12-20-13-14(10-2)18(16(3,4)5)15(19)21-17(6,7)8/h14H,9-13H2,1-8H3. The number of ether oxygens (including phenoxy) is 2. The lowest BCUT2D eigenvalue weighted by atomic mass is 10.0. The van der Waals surface area contributed by atoms with Gasteiger partial charge in [0.05, 0.1) is 12.6 Å². The number of rotatable bonds is 7. The number of hydrogen-bond donors (Lipinski definition) is 0. The lowest BCUT2D eigenvalue weighted by Crippen LogP contribution is -2.54. The SMILES string of the molecule is CCCCOCC(CC)N(C(=O)OC(C)(C)C)C(C)(C)C. The first kappa shape index (κ1) is 20.2. The second-order valence-electron chi connectivity index (χ2n) is 7.51. The smallest absolute Gasteiger partial charge is 0.411 e. The van der Waals surface area contributed by atoms with Gasteiger partial charge in [0.25, 0.3) is 0 Å². The molecule has 0 bridgehead atoms. The summed E-state index contributed by atoms with van der Waals surface area (Å²) < 4.78 is 11.3. The number of hydrogen-bond acceptors (Lipinski definition) is 3. The van der Waals surface area contributed by atoms with Crippen LogP contribution in [0, 0.1) is 0 Å². The third-order valence-electron chi connectivity index (χ3n) is 3.10. The van der Waals surface area contributed by atoms with E-state index in [2.05, 4.69) is 13.8 Å². The van der Waals surface area contributed by atoms with Gasteiger partial charge in [0.1, 0.15) is 5.60 Å². The predicted molar refractivity (Wildman–Crippen MR) is 87.6 cm³/mol. The van der Waals surface area contributed by atoms with Crippen LogP contribution in [-0.4, -0.2) is 41.4 Å². The van der Waals surface area contributed by atoms with E-state index in [9.17, 15) is 4.79 Å². The maximum absolute atomic E-state index is 12.5. The summed E-state index contributed by atoms with van der Waals surface area (Å²) >= 11 is 0. The van der Waals surface area contributed by atoms with Crippen molar-refractivity contribution in [2.24, 2.45) is 0 Å². The summed E-state index contributed by atoms with van der Waals surface area (Å²) in [4.78, 5) is 14.4. The van der Waals surface area contributed by atoms with E-state index in [0.29, 0.717) is 6.61 Å². The third kappa shape index (κ3) is 8.30. The Morgan fingerprint density at radius 2 is 1.67 bits per heavy atom. The molecule has 0 spiro atoms. The first-order chi connectivity index (χ1) is 9.53. The average Bonchev–Trinajstić information content (AvgIpc) is 2.28. The molecule has 0 aliphatic heterocycles. The van der Waals surface area contributed by atoms with E-state index < -0.39 is 5.60 Å². The average molecular weight is 301 g/mol. The van der Waals surface area contributed by atoms with E-state index in [1.54, 1.807) is 0 Å². The molecule has 1 amide bonds. The zero-order chi connectivity index (χ0) is 16.7. The van der Waals surface area contributed by atoms with Gasteiger partial charge in [-0.3, -0.25) is 4.90 Å². The van der Waals surface area contributed by atoms with Crippen LogP contribution in [-0.2, 0) is 9.47 Å². The van der Waals surface area contributed by atoms with Crippen LogP contribution in [0.5, 0.6) is 0 Å². The van der Waals surface area contributed by atoms with E-state index in [-0.39, 0.29) is 17.7 Å². The summed E-state index contributed by atoms with van der Waals surface area (Å²) in [6.45, 7) is 17.3. The minimum Gasteiger partial charge on any atom is -0.444 e. The van der Waals surface area contributed by atoms with Crippen LogP contribution in [0.25, 0.3) is 0 Å². The van der Waals surface area contributed by atoms with Crippen molar-refractivity contribution in [2.75, 3.05) is 13.2 Å². The molecule has 0 aromatic rings. The molecule has 0 aliphatic carbocycles. The quantitative estimate of drug-likeness (QED) is 0.644. The third-order valence-corrected chi connectivity index (χ3v) is 3.10. The molecule has 0 fully saturated rings. The van der Waals surface area contributed by atoms with Crippen molar-refractivity contribution in [3.05, 3.63) is 0 Å². The topological polar surface area (TPSA) is 38.8 Å². The van der Waals surface area contributed by atoms with Crippen molar-refractivity contribution in [3.63, 3.8) is 0 Å². The fraction of sp³-hybridized carbons (Fsp3) is 0.941. The molecule has 0 radical (unpaired) electrons. The maximum atomic E-state index is 12.5. The van der Waals surface area contributed by atoms with E-state index in [1.165, 1.54) is 0 Å². The van der Waals surface area contributed by atoms with Crippen molar-refractivity contribution < 1.29 is 14.3 Å². The van der Waals surface area contributed by atoms with E-state index in [1.807, 2.05) is 46.4 Å². The van der Waals surface area contributed by atoms with Crippen LogP contribution >= 0.6 is 0 Å². The van der Waals surface area contributed by atoms with Gasteiger partial charge in [-0.05, 0) is 54.4 Å². The van der Waals surface area contributed by atoms with Crippen LogP contribution in [0.15, 0.2) is 0 Å². The minimum absolute atomic E-state index is 0.0386. The number of unbranched alkanes of at least 4 members (excludes halogenated alkanes) is 1. The normalized spacial score (nSPS) is 13.9. The van der Waals surface area contributed by atoms with Crippen molar-refractivity contribution in [1.29, 1.82) is 0 Å². The molecule has 4 nitrogen and oxygen atoms in total. The van der Waals surface area contributed by atoms with Crippen LogP contribution in [0.4, 0.5) is 4.79 Å². The summed E-state index contributed by atoms with van der Waals surface area (Å²) in [5, 5.41) is 0. The summed E-state index contributed by atoms with van der Waals surface area (Å²) in [7, 11) is 0. The number of carbonyl (C=O) groups is 1. The Labute approximate surface area is 131 Å². The molecule has 126 valence electrons. The molecular weight excluding hydrogens is 266 g/mol. The minimum atomic E-state index is -0.484. The summed E-state index contributed by atoms with van der Waals surface area (Å²) in [5.74, 6) is 0. The second-order valence-corrected chi connectivity index (χ2v) is 7.51. The number of nitrogens with zero attached hydrogens (tertiary/aromatic N) is 1. The van der Waals surface area contributed by atoms with Crippen LogP contribution in [0.2, 0.25) is 0 Å². The van der Waals surface area contributed by atoms with Gasteiger partial charge in [-0.2, -0.15) is 0 Å². The van der Waals surface area contributed by atoms with Crippen molar-refractivity contribution >= 4 is 6.09 Å². The lowest BCUT2D eigenvalue weighted by Gasteiger charge is -2.41. The highest BCUT2D eigenvalue weighted by Gasteiger charge is 2.35. The highest BCUT2D eigenvalue weighted by atomic mass is 16.6. The molecule has 21 heavy (non-hydrogen) atoms. The molecule has 0 aliphatic rings. The van der Waals surface area contributed by atoms with E-state index in [4.69, 9.17) is 9.47 Å². The zero-order valence-corrected chi connectivity index (χ0v) is 15.3. The van der Waals surface area contributed by atoms with Crippen LogP contribution in [0.3, 0.4) is 0 Å². The zero-order valence-electron chi connectivity index (χ0n) is 15.3. The van der Waals surface area contributed by atoms with Gasteiger partial charge in [0.15, 0.2) is 0 Å². The first-order valence-corrected chi connectivity index (χ1v) is 8.13. The summed E-state index contributed by atoms with van der Waals surface area (Å²) in [6, 6.07) is 0.0386. The van der Waals surface area contributed by atoms with Gasteiger partial charge in [0, 0.05) is 12.1 Å². The fourth-order valence-electron chi connectivity index (χ4n) is 2.12. The number of amides is 1. The Bertz CT molecular complexity index is 302. The van der Waals surface area contributed by atoms with Gasteiger partial charge in [-0.15, -0.1) is 0 Å². The Morgan fingerprint density at radius 1 is 1.10 bits per heavy atom. The Balaban J connectivity index is 4.89. The molecule has 0 N–H and O–H groups in total. The van der Waals surface area contributed by atoms with Gasteiger partial charge in [-0.25, -0.2) is 4.79 Å². The molecule has 0 heterocycles. The monoisotopic (exact) mass is 301 g/mol. The van der Waals surface area contributed by atoms with Gasteiger partial charge in [0.2, 0.25) is 0 Å². The second kappa shape index (κ2) is 8.62. The van der Waals surface area contributed by atoms with Gasteiger partial charge >= 0.3 is 6.09 Å². The van der Waals surface area contributed by atoms with E-state index >= 15 is 0 Å². The Morgan fingerprint density at radius 3 is 2.05 bits per heavy atom. The van der Waals surface area contributed by atoms with Crippen LogP contribution < -0.4 is 0 Å². The molecular formula is C17H35NO3. The summed E-state index contributed by atoms with van der Waals surface area (Å²) in [6.07, 6.45) is 2.76. The van der Waals surface area contributed by atoms with Gasteiger partial charge in [-0.1, -0.05) is 20.3 Å². The van der Waals surface area contributed by atoms with Crippen LogP contribution in [0.1, 0.15) is 74.7 Å². The molecule has 1 unspecified atom stereocenters.